The largest absolute Gasteiger partial charge is 0.469 e. The van der Waals surface area contributed by atoms with Crippen LogP contribution in [0.1, 0.15) is 28.8 Å². The van der Waals surface area contributed by atoms with Gasteiger partial charge in [0.25, 0.3) is 6.43 Å². The molecule has 0 atom stereocenters. The van der Waals surface area contributed by atoms with E-state index in [0.29, 0.717) is 6.20 Å². The van der Waals surface area contributed by atoms with Gasteiger partial charge < -0.3 is 4.74 Å². The molecule has 0 aliphatic heterocycles. The molecule has 1 aromatic heterocycles. The molecule has 0 saturated carbocycles. The minimum Gasteiger partial charge on any atom is -0.469 e. The molecule has 0 bridgehead atoms. The molecule has 9 heteroatoms. The lowest BCUT2D eigenvalue weighted by Gasteiger charge is -2.16. The molecule has 0 unspecified atom stereocenters. The maximum absolute atomic E-state index is 12.9. The molecule has 0 aliphatic rings. The van der Waals surface area contributed by atoms with Gasteiger partial charge in [-0.2, -0.15) is 18.4 Å². The van der Waals surface area contributed by atoms with E-state index in [1.165, 1.54) is 6.07 Å². The molecule has 1 rings (SSSR count). The summed E-state index contributed by atoms with van der Waals surface area (Å²) in [5.74, 6) is -1.06. The average molecular weight is 294 g/mol. The highest BCUT2D eigenvalue weighted by molar-refractivity contribution is 5.72. The van der Waals surface area contributed by atoms with E-state index in [0.717, 1.165) is 7.11 Å². The summed E-state index contributed by atoms with van der Waals surface area (Å²) in [6, 6.07) is 1.23. The molecule has 4 nitrogen and oxygen atoms in total. The van der Waals surface area contributed by atoms with Crippen LogP contribution in [0, 0.1) is 11.3 Å². The number of nitrogens with zero attached hydrogens (tertiary/aromatic N) is 2. The maximum atomic E-state index is 12.9. The molecule has 0 aromatic carbocycles. The predicted octanol–water partition coefficient (Wildman–Crippen LogP) is 2.63. The third-order valence-electron chi connectivity index (χ3n) is 2.36. The van der Waals surface area contributed by atoms with Crippen LogP contribution < -0.4 is 0 Å². The van der Waals surface area contributed by atoms with Crippen LogP contribution in [-0.4, -0.2) is 18.1 Å². The van der Waals surface area contributed by atoms with Gasteiger partial charge in [-0.25, -0.2) is 8.78 Å². The van der Waals surface area contributed by atoms with Crippen LogP contribution >= 0.6 is 0 Å². The summed E-state index contributed by atoms with van der Waals surface area (Å²) in [4.78, 5) is 14.3. The third kappa shape index (κ3) is 3.20. The lowest BCUT2D eigenvalue weighted by atomic mass is 10.00. The van der Waals surface area contributed by atoms with E-state index in [-0.39, 0.29) is 0 Å². The Balaban J connectivity index is 3.59. The highest BCUT2D eigenvalue weighted by Crippen LogP contribution is 2.39. The van der Waals surface area contributed by atoms with Gasteiger partial charge in [0, 0.05) is 6.20 Å². The summed E-state index contributed by atoms with van der Waals surface area (Å²) in [5, 5.41) is 8.59. The molecular formula is C11H7F5N2O2. The van der Waals surface area contributed by atoms with Gasteiger partial charge >= 0.3 is 12.1 Å². The van der Waals surface area contributed by atoms with Gasteiger partial charge in [0.15, 0.2) is 0 Å². The van der Waals surface area contributed by atoms with E-state index in [4.69, 9.17) is 5.26 Å². The van der Waals surface area contributed by atoms with E-state index in [9.17, 15) is 26.7 Å². The van der Waals surface area contributed by atoms with E-state index in [1.807, 2.05) is 0 Å². The fraction of sp³-hybridized carbons (Fsp3) is 0.364. The van der Waals surface area contributed by atoms with Crippen LogP contribution in [0.2, 0.25) is 0 Å². The van der Waals surface area contributed by atoms with E-state index in [2.05, 4.69) is 9.72 Å². The van der Waals surface area contributed by atoms with Crippen molar-refractivity contribution in [3.05, 3.63) is 28.6 Å². The minimum absolute atomic E-state index is 0.578. The molecule has 1 heterocycles. The van der Waals surface area contributed by atoms with Crippen molar-refractivity contribution in [2.75, 3.05) is 7.11 Å². The normalized spacial score (nSPS) is 11.3. The Hall–Kier alpha value is -2.24. The number of pyridine rings is 1. The Bertz CT molecular complexity index is 563. The number of ether oxygens (including phenoxy) is 1. The van der Waals surface area contributed by atoms with Crippen LogP contribution in [0.3, 0.4) is 0 Å². The second-order valence-electron chi connectivity index (χ2n) is 3.57. The fourth-order valence-corrected chi connectivity index (χ4v) is 1.54. The Morgan fingerprint density at radius 3 is 2.50 bits per heavy atom. The van der Waals surface area contributed by atoms with Crippen LogP contribution in [-0.2, 0) is 22.1 Å². The number of carbonyl (C=O) groups is 1. The van der Waals surface area contributed by atoms with Crippen molar-refractivity contribution >= 4 is 5.97 Å². The molecule has 0 radical (unpaired) electrons. The van der Waals surface area contributed by atoms with Gasteiger partial charge in [-0.1, -0.05) is 0 Å². The number of alkyl halides is 5. The Morgan fingerprint density at radius 2 is 2.10 bits per heavy atom. The van der Waals surface area contributed by atoms with Crippen molar-refractivity contribution in [2.45, 2.75) is 19.0 Å². The molecule has 0 saturated heterocycles. The molecule has 0 amide bonds. The fourth-order valence-electron chi connectivity index (χ4n) is 1.54. The van der Waals surface area contributed by atoms with Crippen molar-refractivity contribution in [3.63, 3.8) is 0 Å². The van der Waals surface area contributed by atoms with E-state index >= 15 is 0 Å². The number of esters is 1. The van der Waals surface area contributed by atoms with Crippen LogP contribution in [0.15, 0.2) is 6.20 Å². The quantitative estimate of drug-likeness (QED) is 0.635. The lowest BCUT2D eigenvalue weighted by molar-refractivity contribution is -0.142. The number of rotatable bonds is 3. The summed E-state index contributed by atoms with van der Waals surface area (Å²) in [7, 11) is 0.938. The van der Waals surface area contributed by atoms with Gasteiger partial charge in [-0.15, -0.1) is 0 Å². The first-order chi connectivity index (χ1) is 9.22. The number of nitriles is 1. The zero-order chi connectivity index (χ0) is 15.5. The SMILES string of the molecule is COC(=O)Cc1ncc(C#N)c(C(F)F)c1C(F)(F)F. The molecule has 0 N–H and O–H groups in total. The molecule has 0 spiro atoms. The Morgan fingerprint density at radius 1 is 1.50 bits per heavy atom. The number of methoxy groups -OCH3 is 1. The topological polar surface area (TPSA) is 63.0 Å². The number of aromatic nitrogens is 1. The first kappa shape index (κ1) is 15.8. The molecule has 1 aromatic rings. The summed E-state index contributed by atoms with van der Waals surface area (Å²) < 4.78 is 68.5. The number of halogens is 5. The summed E-state index contributed by atoms with van der Waals surface area (Å²) >= 11 is 0. The predicted molar refractivity (Wildman–Crippen MR) is 54.6 cm³/mol. The maximum Gasteiger partial charge on any atom is 0.418 e. The average Bonchev–Trinajstić information content (AvgIpc) is 2.36. The summed E-state index contributed by atoms with van der Waals surface area (Å²) in [6.45, 7) is 0. The van der Waals surface area contributed by atoms with Crippen LogP contribution in [0.5, 0.6) is 0 Å². The molecule has 108 valence electrons. The second kappa shape index (κ2) is 5.81. The smallest absolute Gasteiger partial charge is 0.418 e. The van der Waals surface area contributed by atoms with Gasteiger partial charge in [0.2, 0.25) is 0 Å². The molecular weight excluding hydrogens is 287 g/mol. The van der Waals surface area contributed by atoms with Crippen LogP contribution in [0.25, 0.3) is 0 Å². The number of carbonyl (C=O) groups excluding carboxylic acids is 1. The highest BCUT2D eigenvalue weighted by atomic mass is 19.4. The monoisotopic (exact) mass is 294 g/mol. The Labute approximate surface area is 109 Å². The van der Waals surface area contributed by atoms with Crippen molar-refractivity contribution in [1.82, 2.24) is 4.98 Å². The molecule has 20 heavy (non-hydrogen) atoms. The van der Waals surface area contributed by atoms with Gasteiger partial charge in [0.05, 0.1) is 35.9 Å². The zero-order valence-corrected chi connectivity index (χ0v) is 9.96. The van der Waals surface area contributed by atoms with Gasteiger partial charge in [-0.05, 0) is 0 Å². The highest BCUT2D eigenvalue weighted by Gasteiger charge is 2.41. The minimum atomic E-state index is -5.17. The third-order valence-corrected chi connectivity index (χ3v) is 2.36. The van der Waals surface area contributed by atoms with Crippen molar-refractivity contribution in [2.24, 2.45) is 0 Å². The summed E-state index contributed by atoms with van der Waals surface area (Å²) in [6.07, 6.45) is -9.04. The second-order valence-corrected chi connectivity index (χ2v) is 3.57. The van der Waals surface area contributed by atoms with Gasteiger partial charge in [0.1, 0.15) is 6.07 Å². The Kier molecular flexibility index (Phi) is 4.60. The molecule has 0 fully saturated rings. The van der Waals surface area contributed by atoms with E-state index in [1.54, 1.807) is 0 Å². The lowest BCUT2D eigenvalue weighted by Crippen LogP contribution is -2.19. The van der Waals surface area contributed by atoms with Crippen molar-refractivity contribution < 1.29 is 31.5 Å². The van der Waals surface area contributed by atoms with Crippen LogP contribution in [0.4, 0.5) is 22.0 Å². The van der Waals surface area contributed by atoms with E-state index < -0.39 is 47.4 Å². The number of hydrogen-bond acceptors (Lipinski definition) is 4. The first-order valence-electron chi connectivity index (χ1n) is 5.06. The summed E-state index contributed by atoms with van der Waals surface area (Å²) in [5.41, 5.74) is -5.04. The number of hydrogen-bond donors (Lipinski definition) is 0. The molecule has 0 aliphatic carbocycles. The zero-order valence-electron chi connectivity index (χ0n) is 9.96. The van der Waals surface area contributed by atoms with Gasteiger partial charge in [-0.3, -0.25) is 9.78 Å². The van der Waals surface area contributed by atoms with Crippen molar-refractivity contribution in [1.29, 1.82) is 5.26 Å². The first-order valence-corrected chi connectivity index (χ1v) is 5.06. The van der Waals surface area contributed by atoms with Crippen molar-refractivity contribution in [3.8, 4) is 6.07 Å². The standard InChI is InChI=1S/C11H7F5N2O2/c1-20-7(19)2-6-9(11(14,15)16)8(10(12)13)5(3-17)4-18-6/h4,10H,2H2,1H3.